The van der Waals surface area contributed by atoms with Gasteiger partial charge in [0.25, 0.3) is 0 Å². The largest absolute Gasteiger partial charge is 0.369 e. The zero-order chi connectivity index (χ0) is 11.5. The van der Waals surface area contributed by atoms with Crippen molar-refractivity contribution in [1.82, 2.24) is 10.1 Å². The number of nitrogens with two attached hydrogens (primary N) is 1. The van der Waals surface area contributed by atoms with Crippen LogP contribution in [-0.2, 0) is 16.6 Å². The third-order valence-corrected chi connectivity index (χ3v) is 2.55. The van der Waals surface area contributed by atoms with Crippen LogP contribution in [0.2, 0.25) is 0 Å². The second kappa shape index (κ2) is 4.42. The van der Waals surface area contributed by atoms with E-state index in [9.17, 15) is 4.79 Å². The summed E-state index contributed by atoms with van der Waals surface area (Å²) in [4.78, 5) is 15.6. The number of carbonyl (C=O) groups is 1. The van der Waals surface area contributed by atoms with E-state index in [1.165, 1.54) is 0 Å². The molecule has 0 saturated carbocycles. The number of primary amides is 1. The smallest absolute Gasteiger partial charge is 0.242 e. The molecule has 15 heavy (non-hydrogen) atoms. The number of carbonyl (C=O) groups excluding carboxylic acids is 1. The van der Waals surface area contributed by atoms with Gasteiger partial charge in [-0.25, -0.2) is 0 Å². The first kappa shape index (κ1) is 11.7. The molecular weight excluding hydrogens is 194 g/mol. The van der Waals surface area contributed by atoms with Crippen LogP contribution in [0.4, 0.5) is 0 Å². The minimum atomic E-state index is -0.838. The minimum absolute atomic E-state index is 0.328. The molecule has 84 valence electrons. The summed E-state index contributed by atoms with van der Waals surface area (Å²) in [5.41, 5.74) is 4.53. The summed E-state index contributed by atoms with van der Waals surface area (Å²) in [5.74, 6) is 0.512. The summed E-state index contributed by atoms with van der Waals surface area (Å²) < 4.78 is 5.07. The Kier molecular flexibility index (Phi) is 3.44. The maximum atomic E-state index is 11.4. The van der Waals surface area contributed by atoms with Gasteiger partial charge in [0, 0.05) is 6.42 Å². The molecule has 0 bridgehead atoms. The Balaban J connectivity index is 3.03. The lowest BCUT2D eigenvalue weighted by atomic mass is 9.85. The Morgan fingerprint density at radius 1 is 1.53 bits per heavy atom. The molecule has 1 amide bonds. The van der Waals surface area contributed by atoms with Crippen molar-refractivity contribution in [3.05, 3.63) is 11.7 Å². The SMILES string of the molecule is CCCC(C)(C(N)=O)c1nc(CC)no1. The summed E-state index contributed by atoms with van der Waals surface area (Å²) in [6, 6.07) is 0. The van der Waals surface area contributed by atoms with Crippen LogP contribution in [0.5, 0.6) is 0 Å². The molecule has 0 fully saturated rings. The Hall–Kier alpha value is -1.39. The standard InChI is InChI=1S/C10H17N3O2/c1-4-6-10(3,8(11)14)9-12-7(5-2)13-15-9/h4-6H2,1-3H3,(H2,11,14). The molecular formula is C10H17N3O2. The van der Waals surface area contributed by atoms with Crippen molar-refractivity contribution in [2.75, 3.05) is 0 Å². The summed E-state index contributed by atoms with van der Waals surface area (Å²) in [7, 11) is 0. The molecule has 0 aliphatic carbocycles. The van der Waals surface area contributed by atoms with Gasteiger partial charge < -0.3 is 10.3 Å². The molecule has 1 rings (SSSR count). The average Bonchev–Trinajstić information content (AvgIpc) is 2.66. The molecule has 0 aliphatic rings. The van der Waals surface area contributed by atoms with Crippen molar-refractivity contribution in [3.63, 3.8) is 0 Å². The van der Waals surface area contributed by atoms with E-state index >= 15 is 0 Å². The quantitative estimate of drug-likeness (QED) is 0.792. The molecule has 1 atom stereocenters. The molecule has 1 heterocycles. The number of aryl methyl sites for hydroxylation is 1. The van der Waals surface area contributed by atoms with Crippen LogP contribution in [0, 0.1) is 0 Å². The predicted molar refractivity (Wildman–Crippen MR) is 55.1 cm³/mol. The third kappa shape index (κ3) is 2.16. The maximum absolute atomic E-state index is 11.4. The number of nitrogens with zero attached hydrogens (tertiary/aromatic N) is 2. The number of aromatic nitrogens is 2. The summed E-state index contributed by atoms with van der Waals surface area (Å²) >= 11 is 0. The topological polar surface area (TPSA) is 82.0 Å². The summed E-state index contributed by atoms with van der Waals surface area (Å²) in [5, 5.41) is 3.77. The molecule has 1 aromatic heterocycles. The molecule has 0 spiro atoms. The first-order valence-electron chi connectivity index (χ1n) is 5.17. The van der Waals surface area contributed by atoms with Crippen LogP contribution in [0.3, 0.4) is 0 Å². The Bertz CT molecular complexity index is 348. The van der Waals surface area contributed by atoms with Gasteiger partial charge in [-0.2, -0.15) is 4.98 Å². The lowest BCUT2D eigenvalue weighted by molar-refractivity contribution is -0.124. The van der Waals surface area contributed by atoms with Crippen molar-refractivity contribution >= 4 is 5.91 Å². The van der Waals surface area contributed by atoms with E-state index in [4.69, 9.17) is 10.3 Å². The van der Waals surface area contributed by atoms with Gasteiger partial charge in [-0.3, -0.25) is 4.79 Å². The van der Waals surface area contributed by atoms with Gasteiger partial charge in [-0.05, 0) is 13.3 Å². The number of hydrogen-bond donors (Lipinski definition) is 1. The van der Waals surface area contributed by atoms with Crippen LogP contribution in [0.1, 0.15) is 45.3 Å². The molecule has 1 aromatic rings. The van der Waals surface area contributed by atoms with E-state index in [0.29, 0.717) is 24.6 Å². The van der Waals surface area contributed by atoms with Crippen molar-refractivity contribution < 1.29 is 9.32 Å². The van der Waals surface area contributed by atoms with E-state index in [1.807, 2.05) is 13.8 Å². The fourth-order valence-electron chi connectivity index (χ4n) is 1.46. The van der Waals surface area contributed by atoms with E-state index in [-0.39, 0.29) is 0 Å². The van der Waals surface area contributed by atoms with Gasteiger partial charge in [-0.15, -0.1) is 0 Å². The Morgan fingerprint density at radius 3 is 2.60 bits per heavy atom. The van der Waals surface area contributed by atoms with Gasteiger partial charge in [0.15, 0.2) is 5.82 Å². The zero-order valence-corrected chi connectivity index (χ0v) is 9.41. The normalized spacial score (nSPS) is 14.9. The van der Waals surface area contributed by atoms with Gasteiger partial charge in [-0.1, -0.05) is 25.4 Å². The maximum Gasteiger partial charge on any atom is 0.242 e. The van der Waals surface area contributed by atoms with Gasteiger partial charge >= 0.3 is 0 Å². The summed E-state index contributed by atoms with van der Waals surface area (Å²) in [6.07, 6.45) is 2.14. The molecule has 0 radical (unpaired) electrons. The molecule has 2 N–H and O–H groups in total. The third-order valence-electron chi connectivity index (χ3n) is 2.55. The van der Waals surface area contributed by atoms with E-state index in [0.717, 1.165) is 6.42 Å². The van der Waals surface area contributed by atoms with E-state index in [2.05, 4.69) is 10.1 Å². The lowest BCUT2D eigenvalue weighted by Crippen LogP contribution is -2.38. The van der Waals surface area contributed by atoms with E-state index < -0.39 is 11.3 Å². The number of rotatable bonds is 5. The fraction of sp³-hybridized carbons (Fsp3) is 0.700. The van der Waals surface area contributed by atoms with Gasteiger partial charge in [0.05, 0.1) is 0 Å². The number of hydrogen-bond acceptors (Lipinski definition) is 4. The molecule has 1 unspecified atom stereocenters. The van der Waals surface area contributed by atoms with Crippen molar-refractivity contribution in [1.29, 1.82) is 0 Å². The Morgan fingerprint density at radius 2 is 2.20 bits per heavy atom. The van der Waals surface area contributed by atoms with Crippen LogP contribution in [-0.4, -0.2) is 16.0 Å². The van der Waals surface area contributed by atoms with Crippen LogP contribution in [0.25, 0.3) is 0 Å². The van der Waals surface area contributed by atoms with E-state index in [1.54, 1.807) is 6.92 Å². The molecule has 0 aliphatic heterocycles. The van der Waals surface area contributed by atoms with Crippen molar-refractivity contribution in [2.45, 2.75) is 45.4 Å². The fourth-order valence-corrected chi connectivity index (χ4v) is 1.46. The number of amides is 1. The monoisotopic (exact) mass is 211 g/mol. The molecule has 5 nitrogen and oxygen atoms in total. The van der Waals surface area contributed by atoms with Crippen molar-refractivity contribution in [2.24, 2.45) is 5.73 Å². The van der Waals surface area contributed by atoms with Crippen molar-refractivity contribution in [3.8, 4) is 0 Å². The second-order valence-electron chi connectivity index (χ2n) is 3.82. The highest BCUT2D eigenvalue weighted by atomic mass is 16.5. The molecule has 0 saturated heterocycles. The Labute approximate surface area is 89.0 Å². The highest BCUT2D eigenvalue weighted by Crippen LogP contribution is 2.27. The minimum Gasteiger partial charge on any atom is -0.369 e. The second-order valence-corrected chi connectivity index (χ2v) is 3.82. The first-order chi connectivity index (χ1) is 7.04. The van der Waals surface area contributed by atoms with Gasteiger partial charge in [0.1, 0.15) is 5.41 Å². The molecule has 5 heteroatoms. The first-order valence-corrected chi connectivity index (χ1v) is 5.17. The average molecular weight is 211 g/mol. The van der Waals surface area contributed by atoms with Crippen LogP contribution < -0.4 is 5.73 Å². The summed E-state index contributed by atoms with van der Waals surface area (Å²) in [6.45, 7) is 5.65. The zero-order valence-electron chi connectivity index (χ0n) is 9.41. The van der Waals surface area contributed by atoms with Crippen LogP contribution in [0.15, 0.2) is 4.52 Å². The highest BCUT2D eigenvalue weighted by molar-refractivity contribution is 5.84. The highest BCUT2D eigenvalue weighted by Gasteiger charge is 2.38. The lowest BCUT2D eigenvalue weighted by Gasteiger charge is -2.20. The predicted octanol–water partition coefficient (Wildman–Crippen LogP) is 1.18. The van der Waals surface area contributed by atoms with Crippen LogP contribution >= 0.6 is 0 Å². The van der Waals surface area contributed by atoms with Gasteiger partial charge in [0.2, 0.25) is 11.8 Å². The molecule has 0 aromatic carbocycles.